The third-order valence-corrected chi connectivity index (χ3v) is 8.14. The van der Waals surface area contributed by atoms with Crippen molar-refractivity contribution in [3.05, 3.63) is 107 Å². The molecular weight excluding hydrogens is 580 g/mol. The number of hydrogen-bond acceptors (Lipinski definition) is 7. The smallest absolute Gasteiger partial charge is 0.224 e. The van der Waals surface area contributed by atoms with Crippen molar-refractivity contribution >= 4 is 32.8 Å². The Kier molecular flexibility index (Phi) is 11.5. The fourth-order valence-electron chi connectivity index (χ4n) is 4.84. The Morgan fingerprint density at radius 2 is 1.39 bits per heavy atom. The van der Waals surface area contributed by atoms with Crippen LogP contribution in [0.2, 0.25) is 0 Å². The van der Waals surface area contributed by atoms with E-state index in [1.54, 1.807) is 31.3 Å². The third kappa shape index (κ3) is 9.15. The zero-order chi connectivity index (χ0) is 31.5. The lowest BCUT2D eigenvalue weighted by Gasteiger charge is -2.30. The summed E-state index contributed by atoms with van der Waals surface area (Å²) in [5.74, 6) is 1.05. The van der Waals surface area contributed by atoms with Crippen molar-refractivity contribution in [2.45, 2.75) is 38.5 Å². The van der Waals surface area contributed by atoms with Crippen LogP contribution < -0.4 is 14.8 Å². The van der Waals surface area contributed by atoms with Crippen LogP contribution >= 0.6 is 0 Å². The highest BCUT2D eigenvalue weighted by molar-refractivity contribution is 7.73. The van der Waals surface area contributed by atoms with Crippen LogP contribution in [0, 0.1) is 0 Å². The van der Waals surface area contributed by atoms with E-state index in [0.29, 0.717) is 36.1 Å². The number of hydrogen-bond donors (Lipinski definition) is 1. The summed E-state index contributed by atoms with van der Waals surface area (Å²) in [6.45, 7) is 0.412. The van der Waals surface area contributed by atoms with Gasteiger partial charge in [0.1, 0.15) is 11.5 Å². The van der Waals surface area contributed by atoms with E-state index in [-0.39, 0.29) is 54.8 Å². The van der Waals surface area contributed by atoms with Gasteiger partial charge in [0.25, 0.3) is 0 Å². The van der Waals surface area contributed by atoms with E-state index in [2.05, 4.69) is 5.32 Å². The fourth-order valence-corrected chi connectivity index (χ4v) is 5.24. The average molecular weight is 617 g/mol. The normalized spacial score (nSPS) is 16.6. The van der Waals surface area contributed by atoms with Gasteiger partial charge in [-0.3, -0.25) is 14.4 Å². The Bertz CT molecular complexity index is 1570. The second-order valence-corrected chi connectivity index (χ2v) is 11.4. The molecule has 0 radical (unpaired) electrons. The Morgan fingerprint density at radius 1 is 0.841 bits per heavy atom. The summed E-state index contributed by atoms with van der Waals surface area (Å²) in [5, 5.41) is 2.75. The van der Waals surface area contributed by atoms with Crippen molar-refractivity contribution in [1.29, 1.82) is 0 Å². The van der Waals surface area contributed by atoms with Gasteiger partial charge in [0, 0.05) is 49.2 Å². The minimum Gasteiger partial charge on any atom is -0.497 e. The van der Waals surface area contributed by atoms with Crippen molar-refractivity contribution < 1.29 is 32.3 Å². The average Bonchev–Trinajstić information content (AvgIpc) is 3.04. The molecular formula is C34H36N2O7S. The van der Waals surface area contributed by atoms with Crippen LogP contribution in [-0.2, 0) is 37.5 Å². The lowest BCUT2D eigenvalue weighted by Crippen LogP contribution is -2.41. The van der Waals surface area contributed by atoms with Gasteiger partial charge >= 0.3 is 0 Å². The van der Waals surface area contributed by atoms with E-state index < -0.39 is 10.3 Å². The molecule has 4 rings (SSSR count). The summed E-state index contributed by atoms with van der Waals surface area (Å²) in [5.41, 5.74) is 3.68. The van der Waals surface area contributed by atoms with Gasteiger partial charge in [-0.15, -0.1) is 0 Å². The predicted octanol–water partition coefficient (Wildman–Crippen LogP) is 3.93. The monoisotopic (exact) mass is 616 g/mol. The lowest BCUT2D eigenvalue weighted by molar-refractivity contribution is -0.131. The highest BCUT2D eigenvalue weighted by Crippen LogP contribution is 2.22. The van der Waals surface area contributed by atoms with Crippen LogP contribution in [0.1, 0.15) is 36.8 Å². The summed E-state index contributed by atoms with van der Waals surface area (Å²) in [6, 6.07) is 15.2. The van der Waals surface area contributed by atoms with Gasteiger partial charge in [-0.05, 0) is 66.8 Å². The highest BCUT2D eigenvalue weighted by Gasteiger charge is 2.28. The molecule has 1 N–H and O–H groups in total. The number of rotatable bonds is 11. The van der Waals surface area contributed by atoms with E-state index >= 15 is 0 Å². The molecule has 0 atom stereocenters. The zero-order valence-electron chi connectivity index (χ0n) is 24.9. The second-order valence-electron chi connectivity index (χ2n) is 10.4. The standard InChI is InChI=1S/C34H36N2O7S/c1-42-29-16-8-24(9-17-29)6-12-26-22-36(23-27(34(26)39)13-7-25-10-18-30(43-2)19-11-25)33(38)5-3-4-32(37)35-28-14-20-31(21-15-28)44(40)41/h8-20H,3-7,21-23H2,1-2H3,(H,35,37)/b26-12+,27-13+. The number of allylic oxidation sites excluding steroid dienone is 5. The lowest BCUT2D eigenvalue weighted by atomic mass is 9.94. The molecule has 2 aromatic carbocycles. The zero-order valence-corrected chi connectivity index (χ0v) is 25.7. The van der Waals surface area contributed by atoms with Gasteiger partial charge < -0.3 is 19.7 Å². The first kappa shape index (κ1) is 32.2. The van der Waals surface area contributed by atoms with E-state index in [0.717, 1.165) is 22.6 Å². The number of amides is 2. The van der Waals surface area contributed by atoms with E-state index in [4.69, 9.17) is 9.47 Å². The van der Waals surface area contributed by atoms with Gasteiger partial charge in [0.05, 0.1) is 19.1 Å². The highest BCUT2D eigenvalue weighted by atomic mass is 32.2. The second kappa shape index (κ2) is 15.7. The number of nitrogens with zero attached hydrogens (tertiary/aromatic N) is 1. The van der Waals surface area contributed by atoms with Crippen molar-refractivity contribution in [3.63, 3.8) is 0 Å². The van der Waals surface area contributed by atoms with Gasteiger partial charge in [-0.25, -0.2) is 0 Å². The minimum absolute atomic E-state index is 0.0644. The molecule has 10 heteroatoms. The number of carbonyl (C=O) groups is 3. The van der Waals surface area contributed by atoms with Crippen molar-refractivity contribution in [3.8, 4) is 11.5 Å². The van der Waals surface area contributed by atoms with Crippen LogP contribution in [0.25, 0.3) is 0 Å². The number of Topliss-reactive ketones (excluding diaryl/α,β-unsaturated/α-hetero) is 1. The number of benzene rings is 2. The maximum Gasteiger partial charge on any atom is 0.224 e. The molecule has 1 aliphatic carbocycles. The molecule has 2 aromatic rings. The summed E-state index contributed by atoms with van der Waals surface area (Å²) in [4.78, 5) is 41.1. The number of methoxy groups -OCH3 is 2. The molecule has 1 heterocycles. The quantitative estimate of drug-likeness (QED) is 0.300. The number of ketones is 1. The molecule has 0 unspecified atom stereocenters. The topological polar surface area (TPSA) is 119 Å². The maximum atomic E-state index is 13.5. The molecule has 0 saturated carbocycles. The van der Waals surface area contributed by atoms with Crippen LogP contribution in [0.3, 0.4) is 0 Å². The molecule has 1 saturated heterocycles. The molecule has 0 bridgehead atoms. The summed E-state index contributed by atoms with van der Waals surface area (Å²) >= 11 is 0. The molecule has 2 amide bonds. The maximum absolute atomic E-state index is 13.5. The molecule has 1 fully saturated rings. The first-order valence-electron chi connectivity index (χ1n) is 14.3. The van der Waals surface area contributed by atoms with E-state index in [1.165, 1.54) is 6.08 Å². The Hall–Kier alpha value is -4.70. The molecule has 0 aromatic heterocycles. The van der Waals surface area contributed by atoms with Crippen LogP contribution in [0.15, 0.2) is 95.8 Å². The van der Waals surface area contributed by atoms with Crippen LogP contribution in [0.5, 0.6) is 11.5 Å². The number of ether oxygens (including phenoxy) is 2. The first-order valence-corrected chi connectivity index (χ1v) is 15.4. The number of piperidine rings is 1. The van der Waals surface area contributed by atoms with Gasteiger partial charge in [-0.2, -0.15) is 8.42 Å². The Labute approximate surface area is 259 Å². The van der Waals surface area contributed by atoms with Crippen molar-refractivity contribution in [1.82, 2.24) is 10.2 Å². The van der Waals surface area contributed by atoms with Crippen LogP contribution in [0.4, 0.5) is 0 Å². The SMILES string of the molecule is COc1ccc(C/C=C2\CN(C(=O)CCCC(=O)NC3=CCC(=S(=O)=O)C=C3)C/C(=C\Cc3ccc(OC)cc3)C2=O)cc1. The van der Waals surface area contributed by atoms with Crippen LogP contribution in [-0.4, -0.2) is 63.1 Å². The summed E-state index contributed by atoms with van der Waals surface area (Å²) < 4.78 is 32.6. The van der Waals surface area contributed by atoms with Crippen molar-refractivity contribution in [2.24, 2.45) is 0 Å². The Balaban J connectivity index is 1.40. The fraction of sp³-hybridized carbons (Fsp3) is 0.294. The molecule has 230 valence electrons. The van der Waals surface area contributed by atoms with E-state index in [1.807, 2.05) is 60.7 Å². The molecule has 9 nitrogen and oxygen atoms in total. The van der Waals surface area contributed by atoms with E-state index in [9.17, 15) is 22.8 Å². The molecule has 44 heavy (non-hydrogen) atoms. The summed E-state index contributed by atoms with van der Waals surface area (Å²) in [7, 11) is 0.934. The third-order valence-electron chi connectivity index (χ3n) is 7.41. The largest absolute Gasteiger partial charge is 0.497 e. The van der Waals surface area contributed by atoms with Gasteiger partial charge in [-0.1, -0.05) is 42.5 Å². The number of carbonyl (C=O) groups excluding carboxylic acids is 3. The molecule has 1 aliphatic heterocycles. The first-order chi connectivity index (χ1) is 21.2. The van der Waals surface area contributed by atoms with Gasteiger partial charge in [0.15, 0.2) is 5.78 Å². The predicted molar refractivity (Wildman–Crippen MR) is 169 cm³/mol. The minimum atomic E-state index is -2.28. The summed E-state index contributed by atoms with van der Waals surface area (Å²) in [6.07, 6.45) is 10.3. The molecule has 0 spiro atoms. The number of likely N-dealkylation sites (tertiary alicyclic amines) is 1. The Morgan fingerprint density at radius 3 is 1.84 bits per heavy atom. The van der Waals surface area contributed by atoms with Crippen molar-refractivity contribution in [2.75, 3.05) is 27.3 Å². The van der Waals surface area contributed by atoms with Gasteiger partial charge in [0.2, 0.25) is 22.1 Å². The molecule has 2 aliphatic rings. The number of nitrogens with one attached hydrogen (secondary N) is 1.